The second-order valence-electron chi connectivity index (χ2n) is 4.58. The van der Waals surface area contributed by atoms with Crippen LogP contribution in [0, 0.1) is 5.92 Å². The molecular formula is C14H16ClNO3. The summed E-state index contributed by atoms with van der Waals surface area (Å²) in [6, 6.07) is 6.77. The van der Waals surface area contributed by atoms with Crippen LogP contribution in [0.25, 0.3) is 0 Å². The second-order valence-corrected chi connectivity index (χ2v) is 4.99. The van der Waals surface area contributed by atoms with E-state index in [0.29, 0.717) is 30.1 Å². The van der Waals surface area contributed by atoms with Crippen LogP contribution in [0.1, 0.15) is 23.7 Å². The third-order valence-electron chi connectivity index (χ3n) is 3.22. The van der Waals surface area contributed by atoms with E-state index in [2.05, 4.69) is 0 Å². The average molecular weight is 282 g/mol. The number of nitrogens with zero attached hydrogens (tertiary/aromatic N) is 1. The molecule has 0 radical (unpaired) electrons. The number of rotatable bonds is 4. The Morgan fingerprint density at radius 3 is 2.84 bits per heavy atom. The molecule has 1 saturated heterocycles. The fraction of sp³-hybridized carbons (Fsp3) is 0.429. The fourth-order valence-corrected chi connectivity index (χ4v) is 2.38. The lowest BCUT2D eigenvalue weighted by molar-refractivity contribution is -0.127. The third kappa shape index (κ3) is 3.26. The molecule has 1 aliphatic heterocycles. The highest BCUT2D eigenvalue weighted by atomic mass is 35.5. The number of ether oxygens (including phenoxy) is 1. The highest BCUT2D eigenvalue weighted by Gasteiger charge is 2.29. The maximum absolute atomic E-state index is 11.8. The lowest BCUT2D eigenvalue weighted by Gasteiger charge is -2.13. The van der Waals surface area contributed by atoms with Gasteiger partial charge in [0.2, 0.25) is 5.91 Å². The molecule has 1 aromatic rings. The van der Waals surface area contributed by atoms with Gasteiger partial charge in [0.15, 0.2) is 0 Å². The maximum Gasteiger partial charge on any atom is 0.339 e. The van der Waals surface area contributed by atoms with Crippen LogP contribution < -0.4 is 0 Å². The van der Waals surface area contributed by atoms with Gasteiger partial charge in [0.1, 0.15) is 0 Å². The summed E-state index contributed by atoms with van der Waals surface area (Å²) in [5.74, 6) is -0.229. The number of halogens is 1. The van der Waals surface area contributed by atoms with E-state index in [-0.39, 0.29) is 18.4 Å². The van der Waals surface area contributed by atoms with E-state index in [0.717, 1.165) is 0 Å². The minimum atomic E-state index is -0.437. The van der Waals surface area contributed by atoms with Gasteiger partial charge in [-0.05, 0) is 19.1 Å². The minimum Gasteiger partial charge on any atom is -0.462 e. The normalized spacial score (nSPS) is 18.7. The van der Waals surface area contributed by atoms with Crippen LogP contribution >= 0.6 is 11.6 Å². The van der Waals surface area contributed by atoms with Crippen molar-refractivity contribution in [1.82, 2.24) is 4.90 Å². The number of amides is 1. The lowest BCUT2D eigenvalue weighted by Crippen LogP contribution is -2.25. The molecule has 0 saturated carbocycles. The molecule has 0 bridgehead atoms. The fourth-order valence-electron chi connectivity index (χ4n) is 2.17. The lowest BCUT2D eigenvalue weighted by atomic mass is 10.1. The molecule has 0 N–H and O–H groups in total. The van der Waals surface area contributed by atoms with Crippen LogP contribution in [-0.4, -0.2) is 36.5 Å². The number of esters is 1. The van der Waals surface area contributed by atoms with Gasteiger partial charge in [-0.3, -0.25) is 4.79 Å². The molecule has 1 amide bonds. The summed E-state index contributed by atoms with van der Waals surface area (Å²) < 4.78 is 5.23. The van der Waals surface area contributed by atoms with E-state index < -0.39 is 5.97 Å². The number of hydrogen-bond acceptors (Lipinski definition) is 3. The molecule has 2 rings (SSSR count). The molecule has 4 nitrogen and oxygen atoms in total. The van der Waals surface area contributed by atoms with Gasteiger partial charge in [-0.15, -0.1) is 0 Å². The summed E-state index contributed by atoms with van der Waals surface area (Å²) in [7, 11) is 0. The third-order valence-corrected chi connectivity index (χ3v) is 3.55. The zero-order valence-electron chi connectivity index (χ0n) is 10.8. The number of benzene rings is 1. The van der Waals surface area contributed by atoms with Crippen molar-refractivity contribution in [3.05, 3.63) is 34.9 Å². The van der Waals surface area contributed by atoms with Gasteiger partial charge in [-0.25, -0.2) is 4.79 Å². The molecule has 19 heavy (non-hydrogen) atoms. The van der Waals surface area contributed by atoms with Gasteiger partial charge in [-0.1, -0.05) is 23.7 Å². The van der Waals surface area contributed by atoms with E-state index in [1.807, 2.05) is 6.92 Å². The minimum absolute atomic E-state index is 0.0823. The van der Waals surface area contributed by atoms with Gasteiger partial charge in [-0.2, -0.15) is 0 Å². The van der Waals surface area contributed by atoms with Gasteiger partial charge >= 0.3 is 5.97 Å². The summed E-state index contributed by atoms with van der Waals surface area (Å²) in [6.07, 6.45) is 0.448. The molecule has 102 valence electrons. The van der Waals surface area contributed by atoms with Gasteiger partial charge < -0.3 is 9.64 Å². The molecule has 1 aliphatic rings. The highest BCUT2D eigenvalue weighted by molar-refractivity contribution is 6.33. The van der Waals surface area contributed by atoms with E-state index in [1.54, 1.807) is 29.2 Å². The van der Waals surface area contributed by atoms with Gasteiger partial charge in [0.25, 0.3) is 0 Å². The Hall–Kier alpha value is -1.55. The van der Waals surface area contributed by atoms with E-state index in [4.69, 9.17) is 16.3 Å². The van der Waals surface area contributed by atoms with Crippen molar-refractivity contribution in [2.24, 2.45) is 5.92 Å². The summed E-state index contributed by atoms with van der Waals surface area (Å²) in [6.45, 7) is 3.56. The molecule has 1 fully saturated rings. The topological polar surface area (TPSA) is 46.6 Å². The summed E-state index contributed by atoms with van der Waals surface area (Å²) in [4.78, 5) is 25.2. The molecule has 0 aromatic heterocycles. The molecule has 0 aliphatic carbocycles. The Morgan fingerprint density at radius 1 is 1.47 bits per heavy atom. The molecule has 5 heteroatoms. The number of carbonyl (C=O) groups excluding carboxylic acids is 2. The summed E-state index contributed by atoms with van der Waals surface area (Å²) in [5.41, 5.74) is 0.362. The first-order valence-corrected chi connectivity index (χ1v) is 6.69. The Kier molecular flexibility index (Phi) is 4.43. The molecular weight excluding hydrogens is 266 g/mol. The molecule has 0 spiro atoms. The molecule has 1 heterocycles. The van der Waals surface area contributed by atoms with Crippen LogP contribution in [-0.2, 0) is 9.53 Å². The van der Waals surface area contributed by atoms with Crippen molar-refractivity contribution in [2.45, 2.75) is 13.3 Å². The number of hydrogen-bond donors (Lipinski definition) is 0. The first-order valence-electron chi connectivity index (χ1n) is 6.31. The van der Waals surface area contributed by atoms with Crippen molar-refractivity contribution in [3.8, 4) is 0 Å². The Morgan fingerprint density at radius 2 is 2.21 bits per heavy atom. The van der Waals surface area contributed by atoms with Crippen LogP contribution in [0.5, 0.6) is 0 Å². The Bertz CT molecular complexity index is 489. The van der Waals surface area contributed by atoms with Crippen molar-refractivity contribution in [1.29, 1.82) is 0 Å². The van der Waals surface area contributed by atoms with E-state index in [9.17, 15) is 9.59 Å². The smallest absolute Gasteiger partial charge is 0.339 e. The monoisotopic (exact) mass is 281 g/mol. The molecule has 1 atom stereocenters. The number of likely N-dealkylation sites (tertiary alicyclic amines) is 1. The molecule has 1 unspecified atom stereocenters. The second kappa shape index (κ2) is 6.06. The quantitative estimate of drug-likeness (QED) is 0.796. The van der Waals surface area contributed by atoms with Crippen LogP contribution in [0.15, 0.2) is 24.3 Å². The maximum atomic E-state index is 11.8. The largest absolute Gasteiger partial charge is 0.462 e. The van der Waals surface area contributed by atoms with Crippen LogP contribution in [0.2, 0.25) is 5.02 Å². The predicted octanol–water partition coefficient (Wildman–Crippen LogP) is 2.37. The predicted molar refractivity (Wildman–Crippen MR) is 72.1 cm³/mol. The van der Waals surface area contributed by atoms with Crippen molar-refractivity contribution < 1.29 is 14.3 Å². The summed E-state index contributed by atoms with van der Waals surface area (Å²) in [5, 5.41) is 0.380. The van der Waals surface area contributed by atoms with Crippen LogP contribution in [0.4, 0.5) is 0 Å². The summed E-state index contributed by atoms with van der Waals surface area (Å²) >= 11 is 5.92. The number of carbonyl (C=O) groups is 2. The van der Waals surface area contributed by atoms with Crippen LogP contribution in [0.3, 0.4) is 0 Å². The first-order chi connectivity index (χ1) is 9.11. The zero-order valence-corrected chi connectivity index (χ0v) is 11.5. The Balaban J connectivity index is 1.88. The van der Waals surface area contributed by atoms with Crippen molar-refractivity contribution in [2.75, 3.05) is 19.7 Å². The average Bonchev–Trinajstić information content (AvgIpc) is 2.77. The van der Waals surface area contributed by atoms with Crippen molar-refractivity contribution in [3.63, 3.8) is 0 Å². The van der Waals surface area contributed by atoms with Crippen molar-refractivity contribution >= 4 is 23.5 Å². The van der Waals surface area contributed by atoms with E-state index >= 15 is 0 Å². The zero-order chi connectivity index (χ0) is 13.8. The standard InChI is InChI=1S/C14H16ClNO3/c1-2-16-8-10(7-13(16)17)9-19-14(18)11-5-3-4-6-12(11)15/h3-6,10H,2,7-9H2,1H3. The van der Waals surface area contributed by atoms with E-state index in [1.165, 1.54) is 0 Å². The molecule has 1 aromatic carbocycles. The first kappa shape index (κ1) is 13.9. The van der Waals surface area contributed by atoms with Gasteiger partial charge in [0, 0.05) is 25.4 Å². The van der Waals surface area contributed by atoms with Gasteiger partial charge in [0.05, 0.1) is 17.2 Å². The highest BCUT2D eigenvalue weighted by Crippen LogP contribution is 2.20. The Labute approximate surface area is 117 Å². The SMILES string of the molecule is CCN1CC(COC(=O)c2ccccc2Cl)CC1=O.